The molecule has 1 unspecified atom stereocenters. The van der Waals surface area contributed by atoms with Gasteiger partial charge in [-0.3, -0.25) is 4.98 Å². The number of pyridine rings is 1. The number of rotatable bonds is 11. The lowest BCUT2D eigenvalue weighted by atomic mass is 10.1. The fraction of sp³-hybridized carbons (Fsp3) is 0.688. The summed E-state index contributed by atoms with van der Waals surface area (Å²) in [7, 11) is 0. The van der Waals surface area contributed by atoms with E-state index in [4.69, 9.17) is 4.74 Å². The molecule has 0 radical (unpaired) electrons. The predicted octanol–water partition coefficient (Wildman–Crippen LogP) is 2.69. The summed E-state index contributed by atoms with van der Waals surface area (Å²) < 4.78 is 5.48. The highest BCUT2D eigenvalue weighted by molar-refractivity contribution is 5.12. The van der Waals surface area contributed by atoms with E-state index in [0.29, 0.717) is 13.2 Å². The lowest BCUT2D eigenvalue weighted by Crippen LogP contribution is -2.32. The van der Waals surface area contributed by atoms with Crippen molar-refractivity contribution in [1.82, 2.24) is 10.3 Å². The zero-order valence-corrected chi connectivity index (χ0v) is 12.7. The normalized spacial score (nSPS) is 14.2. The molecule has 0 aliphatic heterocycles. The van der Waals surface area contributed by atoms with Gasteiger partial charge in [-0.05, 0) is 25.0 Å². The maximum atomic E-state index is 9.84. The van der Waals surface area contributed by atoms with Gasteiger partial charge in [-0.15, -0.1) is 0 Å². The molecule has 0 bridgehead atoms. The number of aliphatic hydroxyl groups is 1. The van der Waals surface area contributed by atoms with Crippen molar-refractivity contribution in [2.24, 2.45) is 0 Å². The van der Waals surface area contributed by atoms with Crippen LogP contribution in [0.25, 0.3) is 0 Å². The molecule has 0 aromatic carbocycles. The van der Waals surface area contributed by atoms with E-state index in [2.05, 4.69) is 24.1 Å². The van der Waals surface area contributed by atoms with Crippen LogP contribution >= 0.6 is 0 Å². The fourth-order valence-electron chi connectivity index (χ4n) is 1.97. The summed E-state index contributed by atoms with van der Waals surface area (Å²) in [5.74, 6) is 0. The van der Waals surface area contributed by atoms with E-state index in [1.807, 2.05) is 18.3 Å². The summed E-state index contributed by atoms with van der Waals surface area (Å²) in [5, 5.41) is 13.1. The monoisotopic (exact) mass is 280 g/mol. The highest BCUT2D eigenvalue weighted by Gasteiger charge is 2.08. The Bertz CT molecular complexity index is 333. The van der Waals surface area contributed by atoms with E-state index < -0.39 is 6.10 Å². The molecule has 114 valence electrons. The van der Waals surface area contributed by atoms with Crippen molar-refractivity contribution >= 4 is 0 Å². The topological polar surface area (TPSA) is 54.4 Å². The molecular formula is C16H28N2O2. The van der Waals surface area contributed by atoms with Gasteiger partial charge in [0.15, 0.2) is 0 Å². The van der Waals surface area contributed by atoms with E-state index in [-0.39, 0.29) is 6.04 Å². The second-order valence-corrected chi connectivity index (χ2v) is 5.21. The highest BCUT2D eigenvalue weighted by Crippen LogP contribution is 2.09. The molecule has 0 spiro atoms. The van der Waals surface area contributed by atoms with Crippen molar-refractivity contribution < 1.29 is 9.84 Å². The maximum absolute atomic E-state index is 9.84. The van der Waals surface area contributed by atoms with Crippen LogP contribution in [-0.4, -0.2) is 36.0 Å². The molecule has 1 aromatic heterocycles. The first kappa shape index (κ1) is 17.1. The van der Waals surface area contributed by atoms with E-state index in [1.165, 1.54) is 19.3 Å². The fourth-order valence-corrected chi connectivity index (χ4v) is 1.97. The minimum atomic E-state index is -0.458. The molecule has 1 heterocycles. The van der Waals surface area contributed by atoms with Gasteiger partial charge in [0.1, 0.15) is 0 Å². The predicted molar refractivity (Wildman–Crippen MR) is 81.6 cm³/mol. The number of unbranched alkanes of at least 4 members (excludes halogenated alkanes) is 3. The molecule has 1 rings (SSSR count). The lowest BCUT2D eigenvalue weighted by molar-refractivity contribution is 0.0343. The van der Waals surface area contributed by atoms with Gasteiger partial charge >= 0.3 is 0 Å². The first-order valence-electron chi connectivity index (χ1n) is 7.63. The van der Waals surface area contributed by atoms with Crippen LogP contribution in [0.2, 0.25) is 0 Å². The van der Waals surface area contributed by atoms with Crippen LogP contribution in [0, 0.1) is 0 Å². The van der Waals surface area contributed by atoms with Gasteiger partial charge < -0.3 is 15.2 Å². The van der Waals surface area contributed by atoms with Crippen LogP contribution in [0.4, 0.5) is 0 Å². The zero-order chi connectivity index (χ0) is 14.6. The number of aromatic nitrogens is 1. The first-order valence-corrected chi connectivity index (χ1v) is 7.63. The van der Waals surface area contributed by atoms with E-state index in [1.54, 1.807) is 6.20 Å². The number of ether oxygens (including phenoxy) is 1. The summed E-state index contributed by atoms with van der Waals surface area (Å²) in [6, 6.07) is 4.13. The minimum absolute atomic E-state index is 0.183. The molecular weight excluding hydrogens is 252 g/mol. The third-order valence-electron chi connectivity index (χ3n) is 3.30. The number of hydrogen-bond donors (Lipinski definition) is 2. The Morgan fingerprint density at radius 1 is 1.35 bits per heavy atom. The number of aliphatic hydroxyl groups excluding tert-OH is 1. The van der Waals surface area contributed by atoms with Crippen molar-refractivity contribution in [3.8, 4) is 0 Å². The molecule has 0 saturated carbocycles. The average Bonchev–Trinajstić information content (AvgIpc) is 2.49. The largest absolute Gasteiger partial charge is 0.389 e. The minimum Gasteiger partial charge on any atom is -0.389 e. The van der Waals surface area contributed by atoms with Gasteiger partial charge in [-0.25, -0.2) is 0 Å². The Labute approximate surface area is 122 Å². The van der Waals surface area contributed by atoms with Crippen LogP contribution in [0.5, 0.6) is 0 Å². The second-order valence-electron chi connectivity index (χ2n) is 5.21. The summed E-state index contributed by atoms with van der Waals surface area (Å²) in [6.45, 7) is 5.94. The van der Waals surface area contributed by atoms with Gasteiger partial charge in [-0.1, -0.05) is 32.3 Å². The molecule has 0 fully saturated rings. The molecule has 2 N–H and O–H groups in total. The Morgan fingerprint density at radius 2 is 2.20 bits per heavy atom. The third kappa shape index (κ3) is 7.58. The third-order valence-corrected chi connectivity index (χ3v) is 3.30. The van der Waals surface area contributed by atoms with Crippen molar-refractivity contribution in [3.05, 3.63) is 30.1 Å². The summed E-state index contributed by atoms with van der Waals surface area (Å²) in [6.07, 6.45) is 7.93. The van der Waals surface area contributed by atoms with Crippen molar-refractivity contribution in [2.75, 3.05) is 19.8 Å². The van der Waals surface area contributed by atoms with Gasteiger partial charge in [0, 0.05) is 31.6 Å². The highest BCUT2D eigenvalue weighted by atomic mass is 16.5. The van der Waals surface area contributed by atoms with Crippen molar-refractivity contribution in [2.45, 2.75) is 51.7 Å². The summed E-state index contributed by atoms with van der Waals surface area (Å²) in [5.41, 5.74) is 1.13. The Balaban J connectivity index is 2.06. The molecule has 4 nitrogen and oxygen atoms in total. The number of nitrogens with one attached hydrogen (secondary N) is 1. The van der Waals surface area contributed by atoms with Gasteiger partial charge in [-0.2, -0.15) is 0 Å². The average molecular weight is 280 g/mol. The maximum Gasteiger partial charge on any atom is 0.0897 e. The van der Waals surface area contributed by atoms with Crippen molar-refractivity contribution in [1.29, 1.82) is 0 Å². The molecule has 1 aromatic rings. The van der Waals surface area contributed by atoms with Crippen LogP contribution in [-0.2, 0) is 4.74 Å². The van der Waals surface area contributed by atoms with Gasteiger partial charge in [0.2, 0.25) is 0 Å². The van der Waals surface area contributed by atoms with Crippen LogP contribution in [0.1, 0.15) is 51.1 Å². The molecule has 4 heteroatoms. The first-order chi connectivity index (χ1) is 9.74. The van der Waals surface area contributed by atoms with Gasteiger partial charge in [0.25, 0.3) is 0 Å². The molecule has 0 amide bonds. The van der Waals surface area contributed by atoms with Crippen LogP contribution in [0.3, 0.4) is 0 Å². The van der Waals surface area contributed by atoms with E-state index >= 15 is 0 Å². The van der Waals surface area contributed by atoms with E-state index in [9.17, 15) is 5.11 Å². The quantitative estimate of drug-likeness (QED) is 0.612. The number of nitrogens with zero attached hydrogens (tertiary/aromatic N) is 1. The summed E-state index contributed by atoms with van der Waals surface area (Å²) >= 11 is 0. The smallest absolute Gasteiger partial charge is 0.0897 e. The van der Waals surface area contributed by atoms with E-state index in [0.717, 1.165) is 18.6 Å². The SMILES string of the molecule is CCCCCCOCC(O)CN[C@H](C)c1cccnc1. The number of hydrogen-bond acceptors (Lipinski definition) is 4. The Kier molecular flexibility index (Phi) is 9.20. The Hall–Kier alpha value is -0.970. The molecule has 2 atom stereocenters. The van der Waals surface area contributed by atoms with Gasteiger partial charge in [0.05, 0.1) is 12.7 Å². The lowest BCUT2D eigenvalue weighted by Gasteiger charge is -2.17. The molecule has 0 aliphatic carbocycles. The van der Waals surface area contributed by atoms with Crippen LogP contribution in [0.15, 0.2) is 24.5 Å². The molecule has 0 aliphatic rings. The second kappa shape index (κ2) is 10.8. The standard InChI is InChI=1S/C16H28N2O2/c1-3-4-5-6-10-20-13-16(19)12-18-14(2)15-8-7-9-17-11-15/h7-9,11,14,16,18-19H,3-6,10,12-13H2,1-2H3/t14-,16?/m1/s1. The zero-order valence-electron chi connectivity index (χ0n) is 12.7. The van der Waals surface area contributed by atoms with Crippen LogP contribution < -0.4 is 5.32 Å². The molecule has 20 heavy (non-hydrogen) atoms. The van der Waals surface area contributed by atoms with Crippen molar-refractivity contribution in [3.63, 3.8) is 0 Å². The summed E-state index contributed by atoms with van der Waals surface area (Å²) in [4.78, 5) is 4.09. The molecule has 0 saturated heterocycles. The Morgan fingerprint density at radius 3 is 2.90 bits per heavy atom.